The van der Waals surface area contributed by atoms with Crippen LogP contribution in [0.2, 0.25) is 0 Å². The SMILES string of the molecule is CC(CO)S(=O)(=O)NC1CCCSC1. The summed E-state index contributed by atoms with van der Waals surface area (Å²) in [5, 5.41) is 8.06. The number of hydrogen-bond donors (Lipinski definition) is 2. The van der Waals surface area contributed by atoms with E-state index >= 15 is 0 Å². The first-order valence-electron chi connectivity index (χ1n) is 4.76. The molecule has 0 amide bonds. The summed E-state index contributed by atoms with van der Waals surface area (Å²) in [6.07, 6.45) is 1.97. The number of hydrogen-bond acceptors (Lipinski definition) is 4. The van der Waals surface area contributed by atoms with E-state index in [1.54, 1.807) is 11.8 Å². The molecular formula is C8H17NO3S2. The molecule has 4 nitrogen and oxygen atoms in total. The van der Waals surface area contributed by atoms with E-state index in [-0.39, 0.29) is 12.6 Å². The summed E-state index contributed by atoms with van der Waals surface area (Å²) >= 11 is 1.77. The second-order valence-electron chi connectivity index (χ2n) is 3.57. The molecule has 0 radical (unpaired) electrons. The monoisotopic (exact) mass is 239 g/mol. The van der Waals surface area contributed by atoms with Crippen LogP contribution in [0.4, 0.5) is 0 Å². The predicted molar refractivity (Wildman–Crippen MR) is 59.0 cm³/mol. The van der Waals surface area contributed by atoms with Crippen LogP contribution in [0, 0.1) is 0 Å². The van der Waals surface area contributed by atoms with E-state index in [1.807, 2.05) is 0 Å². The first kappa shape index (κ1) is 12.3. The Hall–Kier alpha value is 0.220. The molecule has 0 aliphatic carbocycles. The third-order valence-electron chi connectivity index (χ3n) is 2.28. The van der Waals surface area contributed by atoms with Crippen molar-refractivity contribution in [2.24, 2.45) is 0 Å². The van der Waals surface area contributed by atoms with E-state index in [0.29, 0.717) is 0 Å². The second-order valence-corrected chi connectivity index (χ2v) is 6.85. The fourth-order valence-corrected chi connectivity index (χ4v) is 3.55. The van der Waals surface area contributed by atoms with Gasteiger partial charge < -0.3 is 5.11 Å². The van der Waals surface area contributed by atoms with Crippen LogP contribution < -0.4 is 4.72 Å². The van der Waals surface area contributed by atoms with Gasteiger partial charge in [0.15, 0.2) is 0 Å². The summed E-state index contributed by atoms with van der Waals surface area (Å²) < 4.78 is 25.7. The highest BCUT2D eigenvalue weighted by Crippen LogP contribution is 2.18. The lowest BCUT2D eigenvalue weighted by Crippen LogP contribution is -2.43. The van der Waals surface area contributed by atoms with E-state index in [0.717, 1.165) is 24.3 Å². The molecule has 0 aromatic rings. The van der Waals surface area contributed by atoms with Crippen LogP contribution in [0.25, 0.3) is 0 Å². The van der Waals surface area contributed by atoms with Crippen LogP contribution >= 0.6 is 11.8 Å². The van der Waals surface area contributed by atoms with Crippen molar-refractivity contribution in [2.75, 3.05) is 18.1 Å². The van der Waals surface area contributed by atoms with E-state index in [2.05, 4.69) is 4.72 Å². The maximum Gasteiger partial charge on any atom is 0.216 e. The quantitative estimate of drug-likeness (QED) is 0.734. The van der Waals surface area contributed by atoms with Crippen molar-refractivity contribution in [1.29, 1.82) is 0 Å². The van der Waals surface area contributed by atoms with Crippen molar-refractivity contribution in [3.05, 3.63) is 0 Å². The van der Waals surface area contributed by atoms with Crippen molar-refractivity contribution in [3.63, 3.8) is 0 Å². The van der Waals surface area contributed by atoms with Crippen LogP contribution in [0.5, 0.6) is 0 Å². The van der Waals surface area contributed by atoms with Crippen LogP contribution in [0.3, 0.4) is 0 Å². The van der Waals surface area contributed by atoms with Gasteiger partial charge in [0, 0.05) is 11.8 Å². The lowest BCUT2D eigenvalue weighted by molar-refractivity contribution is 0.294. The zero-order chi connectivity index (χ0) is 10.6. The van der Waals surface area contributed by atoms with Crippen LogP contribution in [0.1, 0.15) is 19.8 Å². The molecule has 2 atom stereocenters. The van der Waals surface area contributed by atoms with E-state index < -0.39 is 15.3 Å². The minimum absolute atomic E-state index is 0.0488. The molecule has 0 bridgehead atoms. The van der Waals surface area contributed by atoms with Gasteiger partial charge in [-0.2, -0.15) is 11.8 Å². The fourth-order valence-electron chi connectivity index (χ4n) is 1.28. The van der Waals surface area contributed by atoms with Gasteiger partial charge in [0.1, 0.15) is 0 Å². The Kier molecular flexibility index (Phi) is 4.69. The number of sulfonamides is 1. The number of aliphatic hydroxyl groups excluding tert-OH is 1. The molecule has 2 unspecified atom stereocenters. The normalized spacial score (nSPS) is 26.0. The Morgan fingerprint density at radius 3 is 2.86 bits per heavy atom. The lowest BCUT2D eigenvalue weighted by Gasteiger charge is -2.23. The Morgan fingerprint density at radius 1 is 1.64 bits per heavy atom. The standard InChI is InChI=1S/C8H17NO3S2/c1-7(5-10)14(11,12)9-8-3-2-4-13-6-8/h7-10H,2-6H2,1H3. The summed E-state index contributed by atoms with van der Waals surface area (Å²) in [5.41, 5.74) is 0. The highest BCUT2D eigenvalue weighted by molar-refractivity contribution is 7.99. The Bertz CT molecular complexity index is 260. The van der Waals surface area contributed by atoms with Crippen molar-refractivity contribution in [1.82, 2.24) is 4.72 Å². The summed E-state index contributed by atoms with van der Waals surface area (Å²) in [7, 11) is -3.32. The molecule has 84 valence electrons. The maximum absolute atomic E-state index is 11.5. The van der Waals surface area contributed by atoms with Gasteiger partial charge >= 0.3 is 0 Å². The molecule has 14 heavy (non-hydrogen) atoms. The van der Waals surface area contributed by atoms with E-state index in [9.17, 15) is 8.42 Å². The van der Waals surface area contributed by atoms with Crippen molar-refractivity contribution >= 4 is 21.8 Å². The molecule has 0 aromatic heterocycles. The van der Waals surface area contributed by atoms with Crippen molar-refractivity contribution in [3.8, 4) is 0 Å². The van der Waals surface area contributed by atoms with Gasteiger partial charge in [0.25, 0.3) is 0 Å². The summed E-state index contributed by atoms with van der Waals surface area (Å²) in [6.45, 7) is 1.19. The maximum atomic E-state index is 11.5. The second kappa shape index (κ2) is 5.34. The van der Waals surface area contributed by atoms with Gasteiger partial charge in [-0.05, 0) is 25.5 Å². The molecule has 0 saturated carbocycles. The van der Waals surface area contributed by atoms with Gasteiger partial charge in [-0.3, -0.25) is 0 Å². The molecule has 6 heteroatoms. The van der Waals surface area contributed by atoms with Gasteiger partial charge in [-0.1, -0.05) is 0 Å². The molecule has 0 spiro atoms. The molecule has 1 rings (SSSR count). The Balaban J connectivity index is 2.49. The average molecular weight is 239 g/mol. The van der Waals surface area contributed by atoms with Gasteiger partial charge in [0.2, 0.25) is 10.0 Å². The van der Waals surface area contributed by atoms with E-state index in [1.165, 1.54) is 6.92 Å². The largest absolute Gasteiger partial charge is 0.395 e. The Morgan fingerprint density at radius 2 is 2.36 bits per heavy atom. The predicted octanol–water partition coefficient (Wildman–Crippen LogP) is 0.182. The van der Waals surface area contributed by atoms with Crippen molar-refractivity contribution < 1.29 is 13.5 Å². The minimum Gasteiger partial charge on any atom is -0.395 e. The highest BCUT2D eigenvalue weighted by Gasteiger charge is 2.24. The van der Waals surface area contributed by atoms with Crippen LogP contribution in [-0.2, 0) is 10.0 Å². The first-order chi connectivity index (χ1) is 6.56. The smallest absolute Gasteiger partial charge is 0.216 e. The summed E-state index contributed by atoms with van der Waals surface area (Å²) in [4.78, 5) is 0. The van der Waals surface area contributed by atoms with Gasteiger partial charge in [0.05, 0.1) is 11.9 Å². The number of aliphatic hydroxyl groups is 1. The van der Waals surface area contributed by atoms with Crippen LogP contribution in [-0.4, -0.2) is 42.9 Å². The molecule has 1 fully saturated rings. The van der Waals surface area contributed by atoms with E-state index in [4.69, 9.17) is 5.11 Å². The zero-order valence-electron chi connectivity index (χ0n) is 8.27. The summed E-state index contributed by atoms with van der Waals surface area (Å²) in [5.74, 6) is 1.96. The lowest BCUT2D eigenvalue weighted by atomic mass is 10.2. The molecular weight excluding hydrogens is 222 g/mol. The highest BCUT2D eigenvalue weighted by atomic mass is 32.2. The molecule has 1 heterocycles. The third-order valence-corrected chi connectivity index (χ3v) is 5.36. The van der Waals surface area contributed by atoms with Gasteiger partial charge in [-0.25, -0.2) is 13.1 Å². The minimum atomic E-state index is -3.32. The zero-order valence-corrected chi connectivity index (χ0v) is 9.90. The molecule has 1 saturated heterocycles. The van der Waals surface area contributed by atoms with Crippen LogP contribution in [0.15, 0.2) is 0 Å². The van der Waals surface area contributed by atoms with Crippen molar-refractivity contribution in [2.45, 2.75) is 31.1 Å². The third kappa shape index (κ3) is 3.42. The van der Waals surface area contributed by atoms with Gasteiger partial charge in [-0.15, -0.1) is 0 Å². The molecule has 0 aromatic carbocycles. The fraction of sp³-hybridized carbons (Fsp3) is 1.00. The number of nitrogens with one attached hydrogen (secondary N) is 1. The summed E-state index contributed by atoms with van der Waals surface area (Å²) in [6, 6.07) is 0.0488. The molecule has 1 aliphatic heterocycles. The molecule has 2 N–H and O–H groups in total. The number of rotatable bonds is 4. The number of thioether (sulfide) groups is 1. The Labute approximate surface area is 89.5 Å². The topological polar surface area (TPSA) is 66.4 Å². The molecule has 1 aliphatic rings. The first-order valence-corrected chi connectivity index (χ1v) is 7.46. The average Bonchev–Trinajstić information content (AvgIpc) is 2.17.